The highest BCUT2D eigenvalue weighted by molar-refractivity contribution is 5.82. The van der Waals surface area contributed by atoms with Crippen molar-refractivity contribution in [1.82, 2.24) is 24.9 Å². The first-order valence-corrected chi connectivity index (χ1v) is 10.5. The molecule has 0 unspecified atom stereocenters. The smallest absolute Gasteiger partial charge is 0.409 e. The largest absolute Gasteiger partial charge is 0.465 e. The van der Waals surface area contributed by atoms with E-state index in [0.29, 0.717) is 49.7 Å². The van der Waals surface area contributed by atoms with Crippen LogP contribution in [-0.2, 0) is 22.5 Å². The molecule has 3 heterocycles. The third-order valence-corrected chi connectivity index (χ3v) is 5.11. The molecule has 2 aromatic heterocycles. The third-order valence-electron chi connectivity index (χ3n) is 5.11. The molecular formula is C22H24N6O5. The Bertz CT molecular complexity index is 1200. The molecule has 3 N–H and O–H groups in total. The predicted octanol–water partition coefficient (Wildman–Crippen LogP) is 1.40. The van der Waals surface area contributed by atoms with Crippen molar-refractivity contribution in [1.29, 1.82) is 0 Å². The number of benzene rings is 1. The average Bonchev–Trinajstić information content (AvgIpc) is 3.21. The number of rotatable bonds is 9. The summed E-state index contributed by atoms with van der Waals surface area (Å²) in [4.78, 5) is 35.1. The molecule has 3 aromatic rings. The summed E-state index contributed by atoms with van der Waals surface area (Å²) in [5.41, 5.74) is 1.99. The van der Waals surface area contributed by atoms with Crippen molar-refractivity contribution in [2.45, 2.75) is 31.8 Å². The summed E-state index contributed by atoms with van der Waals surface area (Å²) >= 11 is 0. The zero-order valence-electron chi connectivity index (χ0n) is 17.8. The maximum atomic E-state index is 12.3. The van der Waals surface area contributed by atoms with Gasteiger partial charge in [0.2, 0.25) is 11.3 Å². The lowest BCUT2D eigenvalue weighted by Gasteiger charge is -2.26. The van der Waals surface area contributed by atoms with Crippen molar-refractivity contribution >= 4 is 17.7 Å². The molecule has 1 aliphatic rings. The Labute approximate surface area is 189 Å². The predicted molar refractivity (Wildman–Crippen MR) is 118 cm³/mol. The van der Waals surface area contributed by atoms with Crippen LogP contribution in [-0.4, -0.2) is 55.9 Å². The van der Waals surface area contributed by atoms with E-state index < -0.39 is 6.09 Å². The van der Waals surface area contributed by atoms with Crippen LogP contribution in [0.5, 0.6) is 0 Å². The van der Waals surface area contributed by atoms with Crippen LogP contribution < -0.4 is 16.1 Å². The molecule has 2 amide bonds. The number of carboxylic acid groups (broad SMARTS) is 1. The van der Waals surface area contributed by atoms with Crippen molar-refractivity contribution in [3.8, 4) is 5.69 Å². The molecule has 33 heavy (non-hydrogen) atoms. The molecule has 1 fully saturated rings. The van der Waals surface area contributed by atoms with E-state index >= 15 is 0 Å². The lowest BCUT2D eigenvalue weighted by molar-refractivity contribution is -0.125. The van der Waals surface area contributed by atoms with Crippen LogP contribution >= 0.6 is 0 Å². The zero-order chi connectivity index (χ0) is 23.2. The maximum Gasteiger partial charge on any atom is 0.409 e. The topological polar surface area (TPSA) is 140 Å². The first-order valence-electron chi connectivity index (χ1n) is 10.5. The molecule has 1 aliphatic heterocycles. The van der Waals surface area contributed by atoms with E-state index in [-0.39, 0.29) is 23.8 Å². The van der Waals surface area contributed by atoms with Crippen molar-refractivity contribution in [2.75, 3.05) is 18.5 Å². The Morgan fingerprint density at radius 3 is 2.85 bits per heavy atom. The van der Waals surface area contributed by atoms with E-state index in [1.165, 1.54) is 6.07 Å². The highest BCUT2D eigenvalue weighted by Gasteiger charge is 2.19. The number of nitrogens with one attached hydrogen (secondary N) is 2. The monoisotopic (exact) mass is 452 g/mol. The van der Waals surface area contributed by atoms with Gasteiger partial charge in [0.25, 0.3) is 0 Å². The molecule has 0 spiro atoms. The van der Waals surface area contributed by atoms with Crippen LogP contribution in [0.4, 0.5) is 10.5 Å². The third kappa shape index (κ3) is 6.04. The molecule has 11 heteroatoms. The Morgan fingerprint density at radius 1 is 1.24 bits per heavy atom. The highest BCUT2D eigenvalue weighted by Crippen LogP contribution is 2.13. The van der Waals surface area contributed by atoms with Gasteiger partial charge in [0, 0.05) is 37.3 Å². The van der Waals surface area contributed by atoms with Crippen molar-refractivity contribution in [2.24, 2.45) is 0 Å². The van der Waals surface area contributed by atoms with Crippen LogP contribution in [0.1, 0.15) is 24.1 Å². The van der Waals surface area contributed by atoms with Gasteiger partial charge in [0.15, 0.2) is 0 Å². The number of hydrogen-bond acceptors (Lipinski definition) is 6. The maximum absolute atomic E-state index is 12.3. The first-order chi connectivity index (χ1) is 16.0. The molecule has 172 valence electrons. The average molecular weight is 452 g/mol. The van der Waals surface area contributed by atoms with Gasteiger partial charge >= 0.3 is 6.09 Å². The van der Waals surface area contributed by atoms with E-state index in [2.05, 4.69) is 20.8 Å². The molecular weight excluding hydrogens is 428 g/mol. The molecule has 0 atom stereocenters. The second kappa shape index (κ2) is 10.1. The summed E-state index contributed by atoms with van der Waals surface area (Å²) in [6.45, 7) is 1.73. The number of hydrogen-bond donors (Lipinski definition) is 3. The zero-order valence-corrected chi connectivity index (χ0v) is 17.8. The SMILES string of the molecule is O=C(O)Nc1cccc(Cc2nn(-c3cnn(CCCC(=O)NC4COC4)c3)ccc2=O)c1. The number of aryl methyl sites for hydroxylation is 1. The van der Waals surface area contributed by atoms with Gasteiger partial charge in [-0.25, -0.2) is 9.48 Å². The van der Waals surface area contributed by atoms with Gasteiger partial charge in [-0.05, 0) is 24.1 Å². The van der Waals surface area contributed by atoms with Gasteiger partial charge in [-0.1, -0.05) is 12.1 Å². The molecule has 0 aliphatic carbocycles. The Balaban J connectivity index is 1.38. The Hall–Kier alpha value is -3.99. The van der Waals surface area contributed by atoms with E-state index in [1.807, 2.05) is 0 Å². The molecule has 0 saturated carbocycles. The minimum Gasteiger partial charge on any atom is -0.465 e. The molecule has 0 radical (unpaired) electrons. The molecule has 4 rings (SSSR count). The van der Waals surface area contributed by atoms with E-state index in [0.717, 1.165) is 5.56 Å². The Morgan fingerprint density at radius 2 is 2.09 bits per heavy atom. The minimum absolute atomic E-state index is 0.00465. The lowest BCUT2D eigenvalue weighted by Crippen LogP contribution is -2.48. The van der Waals surface area contributed by atoms with Crippen molar-refractivity contribution in [3.05, 3.63) is 70.4 Å². The summed E-state index contributed by atoms with van der Waals surface area (Å²) in [5.74, 6) is 0.00465. The van der Waals surface area contributed by atoms with E-state index in [1.54, 1.807) is 52.2 Å². The quantitative estimate of drug-likeness (QED) is 0.446. The summed E-state index contributed by atoms with van der Waals surface area (Å²) in [5, 5.41) is 22.8. The summed E-state index contributed by atoms with van der Waals surface area (Å²) in [6.07, 6.45) is 5.17. The fraction of sp³-hybridized carbons (Fsp3) is 0.318. The van der Waals surface area contributed by atoms with Crippen LogP contribution in [0.15, 0.2) is 53.7 Å². The summed E-state index contributed by atoms with van der Waals surface area (Å²) in [6, 6.07) is 8.38. The Kier molecular flexibility index (Phi) is 6.79. The molecule has 1 saturated heterocycles. The highest BCUT2D eigenvalue weighted by atomic mass is 16.5. The van der Waals surface area contributed by atoms with Gasteiger partial charge in [0.1, 0.15) is 11.4 Å². The number of amides is 2. The molecule has 11 nitrogen and oxygen atoms in total. The van der Waals surface area contributed by atoms with Crippen LogP contribution in [0, 0.1) is 0 Å². The van der Waals surface area contributed by atoms with Gasteiger partial charge in [-0.3, -0.25) is 19.6 Å². The number of nitrogens with zero attached hydrogens (tertiary/aromatic N) is 4. The second-order valence-corrected chi connectivity index (χ2v) is 7.75. The van der Waals surface area contributed by atoms with Gasteiger partial charge in [0.05, 0.1) is 31.6 Å². The minimum atomic E-state index is -1.15. The van der Waals surface area contributed by atoms with Crippen LogP contribution in [0.2, 0.25) is 0 Å². The number of carbonyl (C=O) groups excluding carboxylic acids is 1. The number of carbonyl (C=O) groups is 2. The molecule has 0 bridgehead atoms. The summed E-state index contributed by atoms with van der Waals surface area (Å²) in [7, 11) is 0. The van der Waals surface area contributed by atoms with E-state index in [9.17, 15) is 14.4 Å². The van der Waals surface area contributed by atoms with Crippen LogP contribution in [0.3, 0.4) is 0 Å². The van der Waals surface area contributed by atoms with E-state index in [4.69, 9.17) is 9.84 Å². The first kappa shape index (κ1) is 22.2. The normalized spacial score (nSPS) is 13.3. The summed E-state index contributed by atoms with van der Waals surface area (Å²) < 4.78 is 8.35. The number of anilines is 1. The molecule has 1 aromatic carbocycles. The van der Waals surface area contributed by atoms with Crippen LogP contribution in [0.25, 0.3) is 5.69 Å². The van der Waals surface area contributed by atoms with Gasteiger partial charge in [-0.15, -0.1) is 0 Å². The fourth-order valence-electron chi connectivity index (χ4n) is 3.40. The van der Waals surface area contributed by atoms with Crippen molar-refractivity contribution < 1.29 is 19.4 Å². The van der Waals surface area contributed by atoms with Gasteiger partial charge < -0.3 is 15.2 Å². The number of ether oxygens (including phenoxy) is 1. The number of aromatic nitrogens is 4. The second-order valence-electron chi connectivity index (χ2n) is 7.75. The lowest BCUT2D eigenvalue weighted by atomic mass is 10.1. The van der Waals surface area contributed by atoms with Crippen molar-refractivity contribution in [3.63, 3.8) is 0 Å². The van der Waals surface area contributed by atoms with Gasteiger partial charge in [-0.2, -0.15) is 10.2 Å². The fourth-order valence-corrected chi connectivity index (χ4v) is 3.40. The standard InChI is InChI=1S/C22H24N6O5/c29-20-6-8-28(26-19(20)10-15-3-1-4-16(9-15)25-22(31)32)18-11-23-27(12-18)7-2-5-21(30)24-17-13-33-14-17/h1,3-4,6,8-9,11-12,17,25H,2,5,7,10,13-14H2,(H,24,30)(H,31,32).